The van der Waals surface area contributed by atoms with Crippen molar-refractivity contribution in [3.63, 3.8) is 0 Å². The second-order valence-electron chi connectivity index (χ2n) is 9.48. The molecule has 0 radical (unpaired) electrons. The molecule has 4 heterocycles. The second-order valence-corrected chi connectivity index (χ2v) is 9.48. The third-order valence-corrected chi connectivity index (χ3v) is 5.87. The highest BCUT2D eigenvalue weighted by molar-refractivity contribution is 6.05. The third-order valence-electron chi connectivity index (χ3n) is 5.87. The predicted molar refractivity (Wildman–Crippen MR) is 113 cm³/mol. The van der Waals surface area contributed by atoms with Gasteiger partial charge < -0.3 is 14.5 Å². The number of piperazine rings is 1. The maximum atomic E-state index is 13.0. The van der Waals surface area contributed by atoms with Gasteiger partial charge in [-0.05, 0) is 33.3 Å². The largest absolute Gasteiger partial charge is 0.444 e. The van der Waals surface area contributed by atoms with Crippen LogP contribution in [-0.2, 0) is 27.4 Å². The van der Waals surface area contributed by atoms with Crippen LogP contribution >= 0.6 is 0 Å². The first-order valence-electron chi connectivity index (χ1n) is 10.9. The fraction of sp³-hybridized carbons (Fsp3) is 0.591. The maximum absolute atomic E-state index is 13.0. The first kappa shape index (κ1) is 22.2. The predicted octanol–water partition coefficient (Wildman–Crippen LogP) is 0.895. The Morgan fingerprint density at radius 1 is 1.19 bits per heavy atom. The summed E-state index contributed by atoms with van der Waals surface area (Å²) in [5, 5.41) is 2.31. The van der Waals surface area contributed by atoms with Crippen LogP contribution in [0.25, 0.3) is 0 Å². The molecular formula is C22H29N5O5. The average Bonchev–Trinajstić information content (AvgIpc) is 3.03. The van der Waals surface area contributed by atoms with Gasteiger partial charge in [0.2, 0.25) is 11.8 Å². The Balaban J connectivity index is 1.35. The van der Waals surface area contributed by atoms with Crippen LogP contribution in [0.1, 0.15) is 55.2 Å². The summed E-state index contributed by atoms with van der Waals surface area (Å²) in [5.74, 6) is -0.919. The molecule has 10 heteroatoms. The maximum Gasteiger partial charge on any atom is 0.410 e. The minimum atomic E-state index is -0.628. The molecule has 4 rings (SSSR count). The average molecular weight is 444 g/mol. The number of piperidine rings is 1. The highest BCUT2D eigenvalue weighted by atomic mass is 16.6. The van der Waals surface area contributed by atoms with Crippen molar-refractivity contribution >= 4 is 23.8 Å². The van der Waals surface area contributed by atoms with E-state index in [1.165, 1.54) is 4.90 Å². The van der Waals surface area contributed by atoms with Crippen LogP contribution in [0.15, 0.2) is 12.3 Å². The Morgan fingerprint density at radius 3 is 2.56 bits per heavy atom. The van der Waals surface area contributed by atoms with E-state index in [9.17, 15) is 19.2 Å². The fourth-order valence-electron chi connectivity index (χ4n) is 4.22. The van der Waals surface area contributed by atoms with Crippen molar-refractivity contribution in [1.82, 2.24) is 25.0 Å². The minimum Gasteiger partial charge on any atom is -0.444 e. The smallest absolute Gasteiger partial charge is 0.410 e. The van der Waals surface area contributed by atoms with Gasteiger partial charge in [-0.3, -0.25) is 29.6 Å². The van der Waals surface area contributed by atoms with Gasteiger partial charge in [0.15, 0.2) is 0 Å². The van der Waals surface area contributed by atoms with E-state index in [0.29, 0.717) is 51.3 Å². The first-order valence-corrected chi connectivity index (χ1v) is 10.9. The molecule has 4 amide bonds. The molecule has 0 aliphatic carbocycles. The van der Waals surface area contributed by atoms with Gasteiger partial charge in [-0.1, -0.05) is 0 Å². The van der Waals surface area contributed by atoms with Crippen molar-refractivity contribution in [3.8, 4) is 0 Å². The molecule has 1 N–H and O–H groups in total. The highest BCUT2D eigenvalue weighted by Crippen LogP contribution is 2.27. The van der Waals surface area contributed by atoms with E-state index < -0.39 is 17.6 Å². The summed E-state index contributed by atoms with van der Waals surface area (Å²) in [6, 6.07) is 1.17. The highest BCUT2D eigenvalue weighted by Gasteiger charge is 2.39. The molecule has 0 bridgehead atoms. The Morgan fingerprint density at radius 2 is 1.91 bits per heavy atom. The van der Waals surface area contributed by atoms with Crippen LogP contribution in [0.5, 0.6) is 0 Å². The second kappa shape index (κ2) is 8.50. The van der Waals surface area contributed by atoms with E-state index in [0.717, 1.165) is 11.3 Å². The molecule has 2 fully saturated rings. The molecular weight excluding hydrogens is 414 g/mol. The van der Waals surface area contributed by atoms with Gasteiger partial charge >= 0.3 is 6.09 Å². The van der Waals surface area contributed by atoms with E-state index in [1.807, 2.05) is 20.8 Å². The number of hydrogen-bond acceptors (Lipinski definition) is 7. The molecule has 1 unspecified atom stereocenters. The molecule has 172 valence electrons. The zero-order valence-electron chi connectivity index (χ0n) is 18.7. The number of rotatable bonds is 3. The summed E-state index contributed by atoms with van der Waals surface area (Å²) < 4.78 is 5.43. The summed E-state index contributed by atoms with van der Waals surface area (Å²) in [7, 11) is 0. The lowest BCUT2D eigenvalue weighted by atomic mass is 10.0. The van der Waals surface area contributed by atoms with E-state index in [2.05, 4.69) is 15.2 Å². The normalized spacial score (nSPS) is 22.1. The van der Waals surface area contributed by atoms with Gasteiger partial charge in [-0.2, -0.15) is 0 Å². The van der Waals surface area contributed by atoms with Crippen LogP contribution in [0.3, 0.4) is 0 Å². The van der Waals surface area contributed by atoms with Gasteiger partial charge in [0.1, 0.15) is 11.6 Å². The SMILES string of the molecule is CC(C)(C)OC(=O)N1CCN(Cc2cc3c(cn2)CN(C2CCC(=O)NC2=O)C3=O)CC1. The molecule has 3 aliphatic rings. The zero-order chi connectivity index (χ0) is 23.0. The fourth-order valence-corrected chi connectivity index (χ4v) is 4.22. The van der Waals surface area contributed by atoms with Crippen LogP contribution < -0.4 is 5.32 Å². The van der Waals surface area contributed by atoms with Crippen molar-refractivity contribution in [3.05, 3.63) is 29.1 Å². The topological polar surface area (TPSA) is 112 Å². The Kier molecular flexibility index (Phi) is 5.89. The molecule has 32 heavy (non-hydrogen) atoms. The van der Waals surface area contributed by atoms with Crippen LogP contribution in [-0.4, -0.2) is 81.3 Å². The number of ether oxygens (including phenoxy) is 1. The lowest BCUT2D eigenvalue weighted by Crippen LogP contribution is -2.52. The molecule has 1 aromatic heterocycles. The summed E-state index contributed by atoms with van der Waals surface area (Å²) in [6.45, 7) is 8.96. The van der Waals surface area contributed by atoms with Crippen molar-refractivity contribution in [1.29, 1.82) is 0 Å². The van der Waals surface area contributed by atoms with Crippen LogP contribution in [0, 0.1) is 0 Å². The quantitative estimate of drug-likeness (QED) is 0.691. The molecule has 3 aliphatic heterocycles. The number of nitrogens with zero attached hydrogens (tertiary/aromatic N) is 4. The number of hydrogen-bond donors (Lipinski definition) is 1. The number of fused-ring (bicyclic) bond motifs is 1. The number of imide groups is 1. The van der Waals surface area contributed by atoms with E-state index in [4.69, 9.17) is 4.74 Å². The van der Waals surface area contributed by atoms with Crippen molar-refractivity contribution in [2.24, 2.45) is 0 Å². The van der Waals surface area contributed by atoms with E-state index >= 15 is 0 Å². The molecule has 0 saturated carbocycles. The number of aromatic nitrogens is 1. The van der Waals surface area contributed by atoms with Crippen LogP contribution in [0.2, 0.25) is 0 Å². The van der Waals surface area contributed by atoms with Gasteiger partial charge in [0, 0.05) is 63.0 Å². The Bertz CT molecular complexity index is 949. The molecule has 0 aromatic carbocycles. The van der Waals surface area contributed by atoms with Crippen molar-refractivity contribution < 1.29 is 23.9 Å². The summed E-state index contributed by atoms with van der Waals surface area (Å²) in [5.41, 5.74) is 1.61. The Labute approximate surface area is 186 Å². The molecule has 1 aromatic rings. The van der Waals surface area contributed by atoms with Gasteiger partial charge in [0.25, 0.3) is 5.91 Å². The van der Waals surface area contributed by atoms with Gasteiger partial charge in [0.05, 0.1) is 5.69 Å². The van der Waals surface area contributed by atoms with Crippen LogP contribution in [0.4, 0.5) is 4.79 Å². The molecule has 10 nitrogen and oxygen atoms in total. The lowest BCUT2D eigenvalue weighted by Gasteiger charge is -2.35. The van der Waals surface area contributed by atoms with Crippen molar-refractivity contribution in [2.75, 3.05) is 26.2 Å². The lowest BCUT2D eigenvalue weighted by molar-refractivity contribution is -0.136. The minimum absolute atomic E-state index is 0.201. The summed E-state index contributed by atoms with van der Waals surface area (Å²) in [6.07, 6.45) is 1.97. The van der Waals surface area contributed by atoms with Gasteiger partial charge in [-0.25, -0.2) is 4.79 Å². The third kappa shape index (κ3) is 4.74. The summed E-state index contributed by atoms with van der Waals surface area (Å²) >= 11 is 0. The number of amides is 4. The molecule has 1 atom stereocenters. The Hall–Kier alpha value is -3.01. The number of nitrogens with one attached hydrogen (secondary N) is 1. The molecule has 0 spiro atoms. The zero-order valence-corrected chi connectivity index (χ0v) is 18.7. The number of pyridine rings is 1. The number of carbonyl (C=O) groups is 4. The standard InChI is InChI=1S/C22H29N5O5/c1-22(2,3)32-21(31)26-8-6-25(7-9-26)13-15-10-16-14(11-23-15)12-27(20(16)30)17-4-5-18(28)24-19(17)29/h10-11,17H,4-9,12-13H2,1-3H3,(H,24,28,29). The first-order chi connectivity index (χ1) is 15.1. The summed E-state index contributed by atoms with van der Waals surface area (Å²) in [4.78, 5) is 58.7. The molecule has 2 saturated heterocycles. The van der Waals surface area contributed by atoms with E-state index in [1.54, 1.807) is 17.2 Å². The monoisotopic (exact) mass is 443 g/mol. The number of carbonyl (C=O) groups excluding carboxylic acids is 4. The van der Waals surface area contributed by atoms with E-state index in [-0.39, 0.29) is 24.3 Å². The van der Waals surface area contributed by atoms with Gasteiger partial charge in [-0.15, -0.1) is 0 Å². The van der Waals surface area contributed by atoms with Crippen molar-refractivity contribution in [2.45, 2.75) is 58.3 Å².